The summed E-state index contributed by atoms with van der Waals surface area (Å²) in [6, 6.07) is 18.0. The summed E-state index contributed by atoms with van der Waals surface area (Å²) < 4.78 is 7.21. The molecule has 0 spiro atoms. The molecule has 2 aromatic heterocycles. The third-order valence-corrected chi connectivity index (χ3v) is 5.73. The van der Waals surface area contributed by atoms with E-state index in [1.165, 1.54) is 0 Å². The van der Waals surface area contributed by atoms with Crippen molar-refractivity contribution in [2.24, 2.45) is 0 Å². The van der Waals surface area contributed by atoms with Crippen molar-refractivity contribution in [3.63, 3.8) is 0 Å². The van der Waals surface area contributed by atoms with Crippen LogP contribution in [0, 0.1) is 0 Å². The van der Waals surface area contributed by atoms with E-state index >= 15 is 0 Å². The van der Waals surface area contributed by atoms with Gasteiger partial charge in [0.2, 0.25) is 11.9 Å². The Kier molecular flexibility index (Phi) is 6.55. The van der Waals surface area contributed by atoms with Gasteiger partial charge in [0.1, 0.15) is 11.6 Å². The first-order chi connectivity index (χ1) is 15.5. The van der Waals surface area contributed by atoms with Crippen LogP contribution in [-0.2, 0) is 11.5 Å². The fourth-order valence-corrected chi connectivity index (χ4v) is 4.01. The molecule has 0 aliphatic heterocycles. The summed E-state index contributed by atoms with van der Waals surface area (Å²) in [5.74, 6) is 3.63. The number of para-hydroxylation sites is 1. The number of aromatic nitrogens is 5. The molecule has 0 bridgehead atoms. The van der Waals surface area contributed by atoms with Gasteiger partial charge >= 0.3 is 0 Å². The van der Waals surface area contributed by atoms with Crippen LogP contribution < -0.4 is 15.4 Å². The molecule has 0 saturated heterocycles. The number of rotatable bonds is 8. The minimum Gasteiger partial charge on any atom is -0.497 e. The molecule has 4 rings (SSSR count). The lowest BCUT2D eigenvalue weighted by Crippen LogP contribution is -2.15. The number of nitrogens with zero attached hydrogens (tertiary/aromatic N) is 6. The molecule has 2 N–H and O–H groups in total. The summed E-state index contributed by atoms with van der Waals surface area (Å²) in [4.78, 5) is 14.7. The van der Waals surface area contributed by atoms with Gasteiger partial charge in [-0.2, -0.15) is 20.1 Å². The smallest absolute Gasteiger partial charge is 0.229 e. The average molecular weight is 448 g/mol. The maximum atomic E-state index is 5.85. The largest absolute Gasteiger partial charge is 0.497 e. The Balaban J connectivity index is 1.58. The maximum absolute atomic E-state index is 5.85. The fraction of sp³-hybridized carbons (Fsp3) is 0.217. The van der Waals surface area contributed by atoms with Crippen LogP contribution in [0.2, 0.25) is 0 Å². The summed E-state index contributed by atoms with van der Waals surface area (Å²) in [5, 5.41) is 4.88. The molecule has 0 aliphatic carbocycles. The van der Waals surface area contributed by atoms with Crippen LogP contribution in [-0.4, -0.2) is 45.9 Å². The Bertz CT molecular complexity index is 1180. The normalized spacial score (nSPS) is 10.8. The average Bonchev–Trinajstić information content (AvgIpc) is 3.23. The number of methoxy groups -OCH3 is 1. The molecule has 0 unspecified atom stereocenters. The third kappa shape index (κ3) is 5.00. The molecule has 0 atom stereocenters. The number of nitrogens with two attached hydrogens (primary N) is 1. The second-order valence-electron chi connectivity index (χ2n) is 7.31. The molecule has 32 heavy (non-hydrogen) atoms. The first kappa shape index (κ1) is 21.6. The van der Waals surface area contributed by atoms with E-state index in [0.29, 0.717) is 17.5 Å². The summed E-state index contributed by atoms with van der Waals surface area (Å²) in [6.45, 7) is 0. The van der Waals surface area contributed by atoms with E-state index in [0.717, 1.165) is 34.0 Å². The van der Waals surface area contributed by atoms with E-state index in [2.05, 4.69) is 21.1 Å². The van der Waals surface area contributed by atoms with Gasteiger partial charge < -0.3 is 15.4 Å². The molecule has 0 radical (unpaired) electrons. The van der Waals surface area contributed by atoms with E-state index in [-0.39, 0.29) is 5.95 Å². The summed E-state index contributed by atoms with van der Waals surface area (Å²) in [7, 11) is 5.42. The first-order valence-electron chi connectivity index (χ1n) is 10.1. The Labute approximate surface area is 191 Å². The zero-order valence-corrected chi connectivity index (χ0v) is 19.1. The Hall–Kier alpha value is -3.59. The minimum absolute atomic E-state index is 0.232. The molecular formula is C23H25N7OS. The van der Waals surface area contributed by atoms with Gasteiger partial charge in [-0.1, -0.05) is 18.2 Å². The number of benzene rings is 2. The molecule has 8 nitrogen and oxygen atoms in total. The number of nitrogen functional groups attached to an aromatic ring is 1. The zero-order valence-electron chi connectivity index (χ0n) is 18.3. The van der Waals surface area contributed by atoms with Gasteiger partial charge in [0.15, 0.2) is 0 Å². The van der Waals surface area contributed by atoms with E-state index in [4.69, 9.17) is 15.6 Å². The number of hydrogen-bond acceptors (Lipinski definition) is 8. The second kappa shape index (κ2) is 9.69. The van der Waals surface area contributed by atoms with Gasteiger partial charge in [0, 0.05) is 37.2 Å². The standard InChI is InChI=1S/C23H25N7OS/c1-29(2)23-26-20(25-22(24)27-23)15-32-14-17-13-30(18-7-5-4-6-8-18)28-21(17)16-9-11-19(31-3)12-10-16/h4-13H,14-15H2,1-3H3,(H2,24,25,26,27). The summed E-state index contributed by atoms with van der Waals surface area (Å²) >= 11 is 1.71. The highest BCUT2D eigenvalue weighted by Gasteiger charge is 2.14. The highest BCUT2D eigenvalue weighted by Crippen LogP contribution is 2.29. The number of anilines is 2. The van der Waals surface area contributed by atoms with Gasteiger partial charge in [-0.15, -0.1) is 11.8 Å². The Morgan fingerprint density at radius 1 is 0.969 bits per heavy atom. The van der Waals surface area contributed by atoms with Crippen LogP contribution in [0.4, 0.5) is 11.9 Å². The van der Waals surface area contributed by atoms with Crippen LogP contribution in [0.1, 0.15) is 11.4 Å². The number of thioether (sulfide) groups is 1. The highest BCUT2D eigenvalue weighted by atomic mass is 32.2. The summed E-state index contributed by atoms with van der Waals surface area (Å²) in [6.07, 6.45) is 2.08. The van der Waals surface area contributed by atoms with Crippen molar-refractivity contribution < 1.29 is 4.74 Å². The lowest BCUT2D eigenvalue weighted by Gasteiger charge is -2.11. The molecule has 4 aromatic rings. The van der Waals surface area contributed by atoms with Crippen LogP contribution in [0.25, 0.3) is 16.9 Å². The van der Waals surface area contributed by atoms with Crippen LogP contribution >= 0.6 is 11.8 Å². The van der Waals surface area contributed by atoms with Crippen molar-refractivity contribution in [3.05, 3.63) is 72.2 Å². The molecular weight excluding hydrogens is 422 g/mol. The zero-order chi connectivity index (χ0) is 22.5. The molecule has 9 heteroatoms. The van der Waals surface area contributed by atoms with Crippen LogP contribution in [0.15, 0.2) is 60.8 Å². The molecule has 2 heterocycles. The van der Waals surface area contributed by atoms with Gasteiger partial charge in [-0.05, 0) is 36.4 Å². The molecule has 0 amide bonds. The second-order valence-corrected chi connectivity index (χ2v) is 8.29. The van der Waals surface area contributed by atoms with Crippen molar-refractivity contribution >= 4 is 23.7 Å². The van der Waals surface area contributed by atoms with Crippen molar-refractivity contribution in [1.82, 2.24) is 24.7 Å². The Morgan fingerprint density at radius 2 is 1.72 bits per heavy atom. The minimum atomic E-state index is 0.232. The van der Waals surface area contributed by atoms with E-state index in [1.807, 2.05) is 78.3 Å². The Morgan fingerprint density at radius 3 is 2.41 bits per heavy atom. The number of hydrogen-bond donors (Lipinski definition) is 1. The van der Waals surface area contributed by atoms with Crippen molar-refractivity contribution in [3.8, 4) is 22.7 Å². The van der Waals surface area contributed by atoms with Gasteiger partial charge in [0.25, 0.3) is 0 Å². The van der Waals surface area contributed by atoms with Crippen molar-refractivity contribution in [2.75, 3.05) is 31.8 Å². The third-order valence-electron chi connectivity index (χ3n) is 4.75. The van der Waals surface area contributed by atoms with Crippen LogP contribution in [0.3, 0.4) is 0 Å². The predicted molar refractivity (Wildman–Crippen MR) is 129 cm³/mol. The van der Waals surface area contributed by atoms with Crippen molar-refractivity contribution in [2.45, 2.75) is 11.5 Å². The molecule has 0 saturated carbocycles. The van der Waals surface area contributed by atoms with E-state index in [9.17, 15) is 0 Å². The fourth-order valence-electron chi connectivity index (χ4n) is 3.16. The molecule has 0 fully saturated rings. The number of ether oxygens (including phenoxy) is 1. The first-order valence-corrected chi connectivity index (χ1v) is 11.2. The molecule has 164 valence electrons. The maximum Gasteiger partial charge on any atom is 0.229 e. The topological polar surface area (TPSA) is 95.0 Å². The summed E-state index contributed by atoms with van der Waals surface area (Å²) in [5.41, 5.74) is 9.96. The van der Waals surface area contributed by atoms with Crippen molar-refractivity contribution in [1.29, 1.82) is 0 Å². The van der Waals surface area contributed by atoms with E-state index in [1.54, 1.807) is 18.9 Å². The quantitative estimate of drug-likeness (QED) is 0.436. The van der Waals surface area contributed by atoms with Gasteiger partial charge in [0.05, 0.1) is 24.2 Å². The predicted octanol–water partition coefficient (Wildman–Crippen LogP) is 3.81. The van der Waals surface area contributed by atoms with E-state index < -0.39 is 0 Å². The lowest BCUT2D eigenvalue weighted by molar-refractivity contribution is 0.415. The highest BCUT2D eigenvalue weighted by molar-refractivity contribution is 7.97. The molecule has 0 aliphatic rings. The van der Waals surface area contributed by atoms with Gasteiger partial charge in [-0.3, -0.25) is 0 Å². The molecule has 2 aromatic carbocycles. The monoisotopic (exact) mass is 447 g/mol. The van der Waals surface area contributed by atoms with Gasteiger partial charge in [-0.25, -0.2) is 4.68 Å². The SMILES string of the molecule is COc1ccc(-c2nn(-c3ccccc3)cc2CSCc2nc(N)nc(N(C)C)n2)cc1. The lowest BCUT2D eigenvalue weighted by atomic mass is 10.1. The van der Waals surface area contributed by atoms with Crippen LogP contribution in [0.5, 0.6) is 5.75 Å².